The van der Waals surface area contributed by atoms with Gasteiger partial charge in [-0.3, -0.25) is 4.79 Å². The molecule has 0 bridgehead atoms. The summed E-state index contributed by atoms with van der Waals surface area (Å²) in [6.45, 7) is -0.279. The predicted octanol–water partition coefficient (Wildman–Crippen LogP) is 2.80. The Morgan fingerprint density at radius 1 is 1.24 bits per heavy atom. The van der Waals surface area contributed by atoms with Crippen LogP contribution in [0.25, 0.3) is 6.08 Å². The van der Waals surface area contributed by atoms with Crippen LogP contribution in [0.15, 0.2) is 24.3 Å². The van der Waals surface area contributed by atoms with Crippen molar-refractivity contribution in [3.63, 3.8) is 0 Å². The summed E-state index contributed by atoms with van der Waals surface area (Å²) in [5.74, 6) is -0.515. The quantitative estimate of drug-likeness (QED) is 0.470. The van der Waals surface area contributed by atoms with Crippen molar-refractivity contribution < 1.29 is 24.2 Å². The molecule has 0 spiro atoms. The highest BCUT2D eigenvalue weighted by atomic mass is 16.5. The summed E-state index contributed by atoms with van der Waals surface area (Å²) in [7, 11) is 1.45. The molecule has 0 unspecified atom stereocenters. The van der Waals surface area contributed by atoms with Gasteiger partial charge >= 0.3 is 5.97 Å². The third-order valence-corrected chi connectivity index (χ3v) is 4.18. The van der Waals surface area contributed by atoms with Gasteiger partial charge in [-0.1, -0.05) is 31.7 Å². The Bertz CT molecular complexity index is 618. The average molecular weight is 347 g/mol. The summed E-state index contributed by atoms with van der Waals surface area (Å²) in [6.07, 6.45) is 9.44. The molecule has 25 heavy (non-hydrogen) atoms. The van der Waals surface area contributed by atoms with Crippen LogP contribution in [0.2, 0.25) is 0 Å². The van der Waals surface area contributed by atoms with E-state index >= 15 is 0 Å². The maximum absolute atomic E-state index is 11.9. The van der Waals surface area contributed by atoms with E-state index in [1.54, 1.807) is 12.1 Å². The van der Waals surface area contributed by atoms with Crippen LogP contribution in [0.3, 0.4) is 0 Å². The predicted molar refractivity (Wildman–Crippen MR) is 94.3 cm³/mol. The second-order valence-corrected chi connectivity index (χ2v) is 6.13. The molecule has 0 atom stereocenters. The largest absolute Gasteiger partial charge is 0.504 e. The van der Waals surface area contributed by atoms with Crippen LogP contribution in [-0.2, 0) is 14.3 Å². The van der Waals surface area contributed by atoms with Gasteiger partial charge in [0.2, 0.25) is 0 Å². The molecule has 1 aromatic rings. The van der Waals surface area contributed by atoms with Crippen LogP contribution in [-0.4, -0.2) is 36.7 Å². The Morgan fingerprint density at radius 2 is 1.96 bits per heavy atom. The zero-order chi connectivity index (χ0) is 18.1. The van der Waals surface area contributed by atoms with Gasteiger partial charge in [-0.15, -0.1) is 0 Å². The van der Waals surface area contributed by atoms with E-state index in [9.17, 15) is 14.7 Å². The third-order valence-electron chi connectivity index (χ3n) is 4.18. The summed E-state index contributed by atoms with van der Waals surface area (Å²) in [5.41, 5.74) is 0.675. The molecule has 1 aromatic carbocycles. The molecule has 0 radical (unpaired) electrons. The molecule has 0 aliphatic heterocycles. The molecule has 2 rings (SSSR count). The second-order valence-electron chi connectivity index (χ2n) is 6.13. The van der Waals surface area contributed by atoms with Gasteiger partial charge in [-0.2, -0.15) is 0 Å². The van der Waals surface area contributed by atoms with E-state index in [1.165, 1.54) is 38.2 Å². The van der Waals surface area contributed by atoms with Crippen LogP contribution in [0.5, 0.6) is 11.5 Å². The van der Waals surface area contributed by atoms with Crippen LogP contribution >= 0.6 is 0 Å². The number of hydrogen-bond donors (Lipinski definition) is 2. The SMILES string of the molecule is COc1cc(/C=C\C(=O)OCC(=O)NC2CCCCCC2)ccc1O. The highest BCUT2D eigenvalue weighted by Crippen LogP contribution is 2.26. The van der Waals surface area contributed by atoms with Gasteiger partial charge in [0.15, 0.2) is 18.1 Å². The Balaban J connectivity index is 1.76. The summed E-state index contributed by atoms with van der Waals surface area (Å²) in [5, 5.41) is 12.4. The minimum absolute atomic E-state index is 0.0254. The molecule has 136 valence electrons. The fraction of sp³-hybridized carbons (Fsp3) is 0.474. The number of aromatic hydroxyl groups is 1. The molecule has 1 fully saturated rings. The van der Waals surface area contributed by atoms with Crippen molar-refractivity contribution in [2.75, 3.05) is 13.7 Å². The lowest BCUT2D eigenvalue weighted by molar-refractivity contribution is -0.144. The summed E-state index contributed by atoms with van der Waals surface area (Å²) in [6, 6.07) is 4.90. The number of carbonyl (C=O) groups excluding carboxylic acids is 2. The van der Waals surface area contributed by atoms with Crippen LogP contribution in [0.1, 0.15) is 44.1 Å². The first-order valence-corrected chi connectivity index (χ1v) is 8.59. The zero-order valence-electron chi connectivity index (χ0n) is 14.5. The van der Waals surface area contributed by atoms with Crippen LogP contribution in [0, 0.1) is 0 Å². The number of phenolic OH excluding ortho intramolecular Hbond substituents is 1. The van der Waals surface area contributed by atoms with Crippen molar-refractivity contribution in [3.05, 3.63) is 29.8 Å². The van der Waals surface area contributed by atoms with Gasteiger partial charge < -0.3 is 19.9 Å². The smallest absolute Gasteiger partial charge is 0.331 e. The zero-order valence-corrected chi connectivity index (χ0v) is 14.5. The number of ether oxygens (including phenoxy) is 2. The van der Waals surface area contributed by atoms with Crippen molar-refractivity contribution in [3.8, 4) is 11.5 Å². The maximum Gasteiger partial charge on any atom is 0.331 e. The number of methoxy groups -OCH3 is 1. The van der Waals surface area contributed by atoms with Crippen molar-refractivity contribution >= 4 is 18.0 Å². The fourth-order valence-electron chi connectivity index (χ4n) is 2.84. The minimum Gasteiger partial charge on any atom is -0.504 e. The van der Waals surface area contributed by atoms with Crippen LogP contribution in [0.4, 0.5) is 0 Å². The second kappa shape index (κ2) is 9.71. The lowest BCUT2D eigenvalue weighted by Gasteiger charge is -2.15. The van der Waals surface area contributed by atoms with Gasteiger partial charge in [-0.05, 0) is 36.6 Å². The van der Waals surface area contributed by atoms with Gasteiger partial charge in [0.25, 0.3) is 5.91 Å². The summed E-state index contributed by atoms with van der Waals surface area (Å²) < 4.78 is 9.96. The van der Waals surface area contributed by atoms with Crippen molar-refractivity contribution in [1.29, 1.82) is 0 Å². The van der Waals surface area contributed by atoms with E-state index in [0.717, 1.165) is 25.7 Å². The van der Waals surface area contributed by atoms with Gasteiger partial charge in [0.05, 0.1) is 7.11 Å². The Hall–Kier alpha value is -2.50. The molecule has 1 amide bonds. The van der Waals surface area contributed by atoms with Gasteiger partial charge in [0, 0.05) is 12.1 Å². The molecule has 0 aromatic heterocycles. The van der Waals surface area contributed by atoms with Crippen molar-refractivity contribution in [1.82, 2.24) is 5.32 Å². The first-order chi connectivity index (χ1) is 12.1. The molecule has 0 heterocycles. The standard InChI is InChI=1S/C19H25NO5/c1-24-17-12-14(8-10-16(17)21)9-11-19(23)25-13-18(22)20-15-6-4-2-3-5-7-15/h8-12,15,21H,2-7,13H2,1H3,(H,20,22)/b11-9-. The van der Waals surface area contributed by atoms with E-state index in [2.05, 4.69) is 5.32 Å². The molecule has 2 N–H and O–H groups in total. The molecular formula is C19H25NO5. The molecule has 1 aliphatic carbocycles. The van der Waals surface area contributed by atoms with Gasteiger partial charge in [-0.25, -0.2) is 4.79 Å². The molecule has 6 heteroatoms. The first kappa shape index (κ1) is 18.8. The van der Waals surface area contributed by atoms with Crippen molar-refractivity contribution in [2.24, 2.45) is 0 Å². The molecule has 6 nitrogen and oxygen atoms in total. The minimum atomic E-state index is -0.594. The maximum atomic E-state index is 11.9. The third kappa shape index (κ3) is 6.49. The number of phenols is 1. The molecule has 0 saturated heterocycles. The Kier molecular flexibility index (Phi) is 7.32. The number of amides is 1. The number of benzene rings is 1. The normalized spacial score (nSPS) is 15.6. The Labute approximate surface area is 147 Å². The van der Waals surface area contributed by atoms with E-state index < -0.39 is 5.97 Å². The number of carbonyl (C=O) groups is 2. The van der Waals surface area contributed by atoms with Gasteiger partial charge in [0.1, 0.15) is 0 Å². The fourth-order valence-corrected chi connectivity index (χ4v) is 2.84. The highest BCUT2D eigenvalue weighted by molar-refractivity contribution is 5.89. The monoisotopic (exact) mass is 347 g/mol. The van der Waals surface area contributed by atoms with E-state index in [-0.39, 0.29) is 24.3 Å². The summed E-state index contributed by atoms with van der Waals surface area (Å²) in [4.78, 5) is 23.6. The lowest BCUT2D eigenvalue weighted by Crippen LogP contribution is -2.37. The first-order valence-electron chi connectivity index (χ1n) is 8.59. The van der Waals surface area contributed by atoms with Crippen LogP contribution < -0.4 is 10.1 Å². The average Bonchev–Trinajstić information content (AvgIpc) is 2.88. The number of hydrogen-bond acceptors (Lipinski definition) is 5. The van der Waals surface area contributed by atoms with Crippen molar-refractivity contribution in [2.45, 2.75) is 44.6 Å². The van der Waals surface area contributed by atoms with E-state index in [0.29, 0.717) is 11.3 Å². The number of nitrogens with one attached hydrogen (secondary N) is 1. The Morgan fingerprint density at radius 3 is 2.64 bits per heavy atom. The van der Waals surface area contributed by atoms with E-state index in [4.69, 9.17) is 9.47 Å². The summed E-state index contributed by atoms with van der Waals surface area (Å²) >= 11 is 0. The molecule has 1 saturated carbocycles. The van der Waals surface area contributed by atoms with E-state index in [1.807, 2.05) is 0 Å². The highest BCUT2D eigenvalue weighted by Gasteiger charge is 2.15. The number of esters is 1. The molecular weight excluding hydrogens is 322 g/mol. The number of rotatable bonds is 6. The topological polar surface area (TPSA) is 84.9 Å². The molecule has 1 aliphatic rings. The lowest BCUT2D eigenvalue weighted by atomic mass is 10.1.